The lowest BCUT2D eigenvalue weighted by molar-refractivity contribution is 0.256. The summed E-state index contributed by atoms with van der Waals surface area (Å²) in [6, 6.07) is 15.1. The van der Waals surface area contributed by atoms with E-state index in [1.807, 2.05) is 66.3 Å². The molecule has 0 bridgehead atoms. The van der Waals surface area contributed by atoms with Gasteiger partial charge in [-0.1, -0.05) is 24.3 Å². The molecule has 0 unspecified atom stereocenters. The number of pyridine rings is 1. The molecule has 2 aromatic heterocycles. The van der Waals surface area contributed by atoms with Crippen LogP contribution in [0.2, 0.25) is 0 Å². The summed E-state index contributed by atoms with van der Waals surface area (Å²) >= 11 is 0. The van der Waals surface area contributed by atoms with Gasteiger partial charge in [-0.25, -0.2) is 4.79 Å². The number of fused-ring (bicyclic) bond motifs is 2. The molecule has 2 aromatic carbocycles. The number of nitrogens with zero attached hydrogens (tertiary/aromatic N) is 3. The predicted molar refractivity (Wildman–Crippen MR) is 96.4 cm³/mol. The zero-order valence-corrected chi connectivity index (χ0v) is 13.2. The summed E-state index contributed by atoms with van der Waals surface area (Å²) in [5, 5.41) is 2.94. The standard InChI is InChI=1S/C19H16N4O/c1-22-9-8-13-10-15(6-7-17(13)22)23(19(20)24)18-12-21-11-14-4-2-3-5-16(14)18/h2-12H,1H3,(H2,20,24). The Kier molecular flexibility index (Phi) is 3.20. The second kappa shape index (κ2) is 5.38. The van der Waals surface area contributed by atoms with Crippen molar-refractivity contribution in [3.8, 4) is 0 Å². The molecule has 0 aliphatic carbocycles. The van der Waals surface area contributed by atoms with Gasteiger partial charge in [0.15, 0.2) is 0 Å². The van der Waals surface area contributed by atoms with E-state index >= 15 is 0 Å². The van der Waals surface area contributed by atoms with Crippen molar-refractivity contribution in [1.29, 1.82) is 0 Å². The smallest absolute Gasteiger partial charge is 0.323 e. The van der Waals surface area contributed by atoms with Crippen molar-refractivity contribution >= 4 is 39.1 Å². The topological polar surface area (TPSA) is 64.2 Å². The maximum Gasteiger partial charge on any atom is 0.323 e. The Bertz CT molecular complexity index is 1060. The minimum absolute atomic E-state index is 0.538. The molecule has 2 amide bonds. The number of benzene rings is 2. The van der Waals surface area contributed by atoms with Gasteiger partial charge in [0.25, 0.3) is 0 Å². The summed E-state index contributed by atoms with van der Waals surface area (Å²) in [5.74, 6) is 0. The van der Waals surface area contributed by atoms with Crippen LogP contribution in [0.4, 0.5) is 16.2 Å². The quantitative estimate of drug-likeness (QED) is 0.608. The molecular formula is C19H16N4O. The first-order valence-electron chi connectivity index (χ1n) is 7.62. The molecule has 4 rings (SSSR count). The van der Waals surface area contributed by atoms with E-state index in [2.05, 4.69) is 4.98 Å². The Hall–Kier alpha value is -3.34. The van der Waals surface area contributed by atoms with Crippen molar-refractivity contribution in [2.24, 2.45) is 12.8 Å². The zero-order chi connectivity index (χ0) is 16.7. The highest BCUT2D eigenvalue weighted by molar-refractivity contribution is 6.07. The van der Waals surface area contributed by atoms with Crippen LogP contribution in [0, 0.1) is 0 Å². The molecule has 5 nitrogen and oxygen atoms in total. The molecule has 5 heteroatoms. The number of nitrogens with two attached hydrogens (primary N) is 1. The van der Waals surface area contributed by atoms with E-state index in [9.17, 15) is 4.79 Å². The fourth-order valence-electron chi connectivity index (χ4n) is 3.07. The Labute approximate surface area is 138 Å². The van der Waals surface area contributed by atoms with Crippen LogP contribution in [0.15, 0.2) is 67.1 Å². The molecule has 0 spiro atoms. The van der Waals surface area contributed by atoms with E-state index in [-0.39, 0.29) is 0 Å². The number of aromatic nitrogens is 2. The Morgan fingerprint density at radius 2 is 1.92 bits per heavy atom. The zero-order valence-electron chi connectivity index (χ0n) is 13.2. The molecule has 24 heavy (non-hydrogen) atoms. The van der Waals surface area contributed by atoms with Gasteiger partial charge in [-0.15, -0.1) is 0 Å². The lowest BCUT2D eigenvalue weighted by Gasteiger charge is -2.22. The predicted octanol–water partition coefficient (Wildman–Crippen LogP) is 3.94. The summed E-state index contributed by atoms with van der Waals surface area (Å²) in [5.41, 5.74) is 8.19. The molecular weight excluding hydrogens is 300 g/mol. The molecule has 4 aromatic rings. The van der Waals surface area contributed by atoms with Crippen molar-refractivity contribution in [3.63, 3.8) is 0 Å². The first kappa shape index (κ1) is 14.3. The maximum atomic E-state index is 12.2. The van der Waals surface area contributed by atoms with Crippen LogP contribution in [-0.2, 0) is 7.05 Å². The van der Waals surface area contributed by atoms with Gasteiger partial charge >= 0.3 is 6.03 Å². The normalized spacial score (nSPS) is 11.0. The van der Waals surface area contributed by atoms with Gasteiger partial charge in [0.2, 0.25) is 0 Å². The molecule has 118 valence electrons. The Morgan fingerprint density at radius 1 is 1.08 bits per heavy atom. The van der Waals surface area contributed by atoms with Crippen LogP contribution in [-0.4, -0.2) is 15.6 Å². The average molecular weight is 316 g/mol. The van der Waals surface area contributed by atoms with E-state index in [0.29, 0.717) is 5.69 Å². The number of primary amides is 1. The number of urea groups is 1. The summed E-state index contributed by atoms with van der Waals surface area (Å²) in [7, 11) is 1.99. The second-order valence-corrected chi connectivity index (χ2v) is 5.72. The van der Waals surface area contributed by atoms with E-state index in [0.717, 1.165) is 27.4 Å². The van der Waals surface area contributed by atoms with Gasteiger partial charge in [0.1, 0.15) is 0 Å². The lowest BCUT2D eigenvalue weighted by Crippen LogP contribution is -2.31. The number of aryl methyl sites for hydroxylation is 1. The second-order valence-electron chi connectivity index (χ2n) is 5.72. The van der Waals surface area contributed by atoms with Gasteiger partial charge in [-0.3, -0.25) is 9.88 Å². The van der Waals surface area contributed by atoms with E-state index in [4.69, 9.17) is 5.73 Å². The van der Waals surface area contributed by atoms with Gasteiger partial charge < -0.3 is 10.3 Å². The lowest BCUT2D eigenvalue weighted by atomic mass is 10.1. The fourth-order valence-corrected chi connectivity index (χ4v) is 3.07. The van der Waals surface area contributed by atoms with E-state index in [1.54, 1.807) is 12.4 Å². The SMILES string of the molecule is Cn1ccc2cc(N(C(N)=O)c3cncc4ccccc34)ccc21. The molecule has 2 N–H and O–H groups in total. The largest absolute Gasteiger partial charge is 0.351 e. The van der Waals surface area contributed by atoms with Crippen molar-refractivity contribution in [1.82, 2.24) is 9.55 Å². The molecule has 0 aliphatic heterocycles. The number of hydrogen-bond acceptors (Lipinski definition) is 2. The maximum absolute atomic E-state index is 12.2. The Balaban J connectivity index is 1.94. The number of rotatable bonds is 2. The number of anilines is 2. The summed E-state index contributed by atoms with van der Waals surface area (Å²) in [4.78, 5) is 18.0. The van der Waals surface area contributed by atoms with Crippen LogP contribution >= 0.6 is 0 Å². The van der Waals surface area contributed by atoms with Crippen molar-refractivity contribution in [2.75, 3.05) is 4.90 Å². The highest BCUT2D eigenvalue weighted by atomic mass is 16.2. The van der Waals surface area contributed by atoms with E-state index in [1.165, 1.54) is 4.90 Å². The summed E-state index contributed by atoms with van der Waals surface area (Å²) in [6.07, 6.45) is 5.43. The molecule has 0 saturated carbocycles. The van der Waals surface area contributed by atoms with Crippen LogP contribution in [0.5, 0.6) is 0 Å². The van der Waals surface area contributed by atoms with Crippen LogP contribution < -0.4 is 10.6 Å². The molecule has 0 atom stereocenters. The van der Waals surface area contributed by atoms with E-state index < -0.39 is 6.03 Å². The van der Waals surface area contributed by atoms with Crippen molar-refractivity contribution in [3.05, 3.63) is 67.1 Å². The molecule has 0 aliphatic rings. The van der Waals surface area contributed by atoms with Gasteiger partial charge in [0.05, 0.1) is 17.6 Å². The average Bonchev–Trinajstić information content (AvgIpc) is 2.96. The third-order valence-electron chi connectivity index (χ3n) is 4.24. The van der Waals surface area contributed by atoms with Crippen molar-refractivity contribution < 1.29 is 4.79 Å². The third kappa shape index (κ3) is 2.18. The fraction of sp³-hybridized carbons (Fsp3) is 0.0526. The van der Waals surface area contributed by atoms with Crippen LogP contribution in [0.25, 0.3) is 21.7 Å². The van der Waals surface area contributed by atoms with Gasteiger partial charge in [0, 0.05) is 41.1 Å². The monoisotopic (exact) mass is 316 g/mol. The molecule has 2 heterocycles. The third-order valence-corrected chi connectivity index (χ3v) is 4.24. The van der Waals surface area contributed by atoms with Crippen LogP contribution in [0.3, 0.4) is 0 Å². The highest BCUT2D eigenvalue weighted by Gasteiger charge is 2.18. The number of amides is 2. The number of carbonyl (C=O) groups excluding carboxylic acids is 1. The summed E-state index contributed by atoms with van der Waals surface area (Å²) < 4.78 is 2.03. The summed E-state index contributed by atoms with van der Waals surface area (Å²) in [6.45, 7) is 0. The molecule has 0 radical (unpaired) electrons. The minimum atomic E-state index is -0.538. The molecule has 0 saturated heterocycles. The van der Waals surface area contributed by atoms with Crippen molar-refractivity contribution in [2.45, 2.75) is 0 Å². The number of carbonyl (C=O) groups is 1. The first-order chi connectivity index (χ1) is 11.6. The van der Waals surface area contributed by atoms with Gasteiger partial charge in [-0.2, -0.15) is 0 Å². The highest BCUT2D eigenvalue weighted by Crippen LogP contribution is 2.33. The molecule has 0 fully saturated rings. The minimum Gasteiger partial charge on any atom is -0.351 e. The Morgan fingerprint density at radius 3 is 2.75 bits per heavy atom. The first-order valence-corrected chi connectivity index (χ1v) is 7.62. The van der Waals surface area contributed by atoms with Gasteiger partial charge in [-0.05, 0) is 24.3 Å². The number of hydrogen-bond donors (Lipinski definition) is 1. The van der Waals surface area contributed by atoms with Crippen LogP contribution in [0.1, 0.15) is 0 Å².